The molecule has 5 aliphatic rings. The molecule has 3 atom stereocenters. The van der Waals surface area contributed by atoms with Crippen molar-refractivity contribution in [3.05, 3.63) is 20.6 Å². The van der Waals surface area contributed by atoms with Crippen molar-refractivity contribution in [2.45, 2.75) is 73.1 Å². The first-order chi connectivity index (χ1) is 11.6. The molecule has 0 aromatic rings. The van der Waals surface area contributed by atoms with E-state index in [1.54, 1.807) is 0 Å². The average Bonchev–Trinajstić information content (AvgIpc) is 2.68. The zero-order valence-corrected chi connectivity index (χ0v) is 18.2. The Bertz CT molecular complexity index is 714. The molecule has 0 radical (unpaired) electrons. The maximum atomic E-state index is 13.4. The summed E-state index contributed by atoms with van der Waals surface area (Å²) in [5.41, 5.74) is 4.66. The molecule has 136 valence electrons. The summed E-state index contributed by atoms with van der Waals surface area (Å²) in [4.78, 5) is 18.0. The van der Waals surface area contributed by atoms with E-state index < -0.39 is 17.7 Å². The minimum absolute atomic E-state index is 0.0669. The molecule has 0 aliphatic heterocycles. The molecule has 3 unspecified atom stereocenters. The van der Waals surface area contributed by atoms with Crippen molar-refractivity contribution in [3.8, 4) is 0 Å². The second-order valence-electron chi connectivity index (χ2n) is 10.1. The van der Waals surface area contributed by atoms with E-state index in [2.05, 4.69) is 43.2 Å². The van der Waals surface area contributed by atoms with Crippen LogP contribution in [0.3, 0.4) is 0 Å². The summed E-state index contributed by atoms with van der Waals surface area (Å²) in [6.07, 6.45) is 7.49. The number of carbonyl (C=O) groups is 1. The first-order valence-corrected chi connectivity index (χ1v) is 12.7. The third kappa shape index (κ3) is 2.70. The first-order valence-electron chi connectivity index (χ1n) is 10.0. The van der Waals surface area contributed by atoms with E-state index in [0.717, 1.165) is 31.1 Å². The molecule has 4 bridgehead atoms. The normalized spacial score (nSPS) is 42.4. The van der Waals surface area contributed by atoms with Crippen LogP contribution in [0.15, 0.2) is 20.6 Å². The van der Waals surface area contributed by atoms with Gasteiger partial charge in [-0.1, -0.05) is 0 Å². The Hall–Kier alpha value is -0.466. The van der Waals surface area contributed by atoms with Gasteiger partial charge in [0.15, 0.2) is 0 Å². The summed E-state index contributed by atoms with van der Waals surface area (Å²) in [5.74, 6) is 2.43. The van der Waals surface area contributed by atoms with Crippen LogP contribution in [0, 0.1) is 28.6 Å². The maximum absolute atomic E-state index is 13.4. The fraction of sp³-hybridized carbons (Fsp3) is 0.727. The molecule has 4 saturated carbocycles. The standard InChI is InChI=1S/C12H19NO.C9H13.CH2.Ti/c1-11-3-8-2-9(4-11)6-12(5-8,7-11)10(13)14;1-6-5-7(2)9(4)8(6)3;;/h8-9H,2-7H2,1H3,(H2,13,14);6H,1-4H3;1H2;/q;;;+1/p-1. The van der Waals surface area contributed by atoms with E-state index in [-0.39, 0.29) is 5.41 Å². The van der Waals surface area contributed by atoms with Crippen LogP contribution in [0.1, 0.15) is 73.1 Å². The molecule has 2 nitrogen and oxygen atoms in total. The van der Waals surface area contributed by atoms with Crippen LogP contribution in [0.5, 0.6) is 0 Å². The molecule has 5 aliphatic carbocycles. The van der Waals surface area contributed by atoms with Crippen LogP contribution in [-0.2, 0) is 22.5 Å². The molecule has 0 saturated heterocycles. The average molecular weight is 375 g/mol. The molecule has 25 heavy (non-hydrogen) atoms. The van der Waals surface area contributed by atoms with Gasteiger partial charge in [-0.3, -0.25) is 0 Å². The predicted molar refractivity (Wildman–Crippen MR) is 101 cm³/mol. The van der Waals surface area contributed by atoms with Crippen molar-refractivity contribution in [3.63, 3.8) is 0 Å². The van der Waals surface area contributed by atoms with Crippen LogP contribution >= 0.6 is 0 Å². The van der Waals surface area contributed by atoms with Crippen LogP contribution in [-0.4, -0.2) is 10.7 Å². The summed E-state index contributed by atoms with van der Waals surface area (Å²) in [6, 6.07) is 0. The quantitative estimate of drug-likeness (QED) is 0.696. The van der Waals surface area contributed by atoms with E-state index in [4.69, 9.17) is 0 Å². The molecule has 0 aromatic carbocycles. The van der Waals surface area contributed by atoms with Gasteiger partial charge in [-0.25, -0.2) is 0 Å². The van der Waals surface area contributed by atoms with Crippen molar-refractivity contribution >= 4 is 10.7 Å². The van der Waals surface area contributed by atoms with E-state index in [1.165, 1.54) is 39.9 Å². The number of hydrogen-bond donors (Lipinski definition) is 1. The summed E-state index contributed by atoms with van der Waals surface area (Å²) < 4.78 is 5.02. The number of amides is 1. The molecular formula is C22H33NOTi. The molecular weight excluding hydrogens is 342 g/mol. The molecule has 4 fully saturated rings. The van der Waals surface area contributed by atoms with Crippen LogP contribution in [0.2, 0.25) is 0 Å². The zero-order chi connectivity index (χ0) is 18.1. The Morgan fingerprint density at radius 2 is 1.72 bits per heavy atom. The van der Waals surface area contributed by atoms with E-state index in [0.29, 0.717) is 17.2 Å². The summed E-state index contributed by atoms with van der Waals surface area (Å²) in [5, 5.41) is 0. The van der Waals surface area contributed by atoms with Crippen LogP contribution in [0.4, 0.5) is 0 Å². The summed E-state index contributed by atoms with van der Waals surface area (Å²) in [7, 11) is 0. The van der Waals surface area contributed by atoms with Gasteiger partial charge in [0.2, 0.25) is 0 Å². The Morgan fingerprint density at radius 3 is 2.20 bits per heavy atom. The first kappa shape index (κ1) is 17.9. The number of allylic oxidation sites excluding steroid dienone is 4. The Balaban J connectivity index is 1.54. The van der Waals surface area contributed by atoms with Gasteiger partial charge in [0, 0.05) is 0 Å². The summed E-state index contributed by atoms with van der Waals surface area (Å²) in [6.45, 7) is 11.4. The number of hydrogen-bond acceptors (Lipinski definition) is 1. The fourth-order valence-corrected chi connectivity index (χ4v) is 10.4. The van der Waals surface area contributed by atoms with Gasteiger partial charge in [0.05, 0.1) is 0 Å². The van der Waals surface area contributed by atoms with Crippen LogP contribution < -0.4 is 3.80 Å². The molecule has 5 rings (SSSR count). The van der Waals surface area contributed by atoms with E-state index in [1.807, 2.05) is 0 Å². The summed E-state index contributed by atoms with van der Waals surface area (Å²) >= 11 is -1.98. The topological polar surface area (TPSA) is 29.1 Å². The number of rotatable bonds is 3. The molecule has 0 spiro atoms. The third-order valence-electron chi connectivity index (χ3n) is 8.07. The van der Waals surface area contributed by atoms with Gasteiger partial charge in [-0.15, -0.1) is 0 Å². The van der Waals surface area contributed by atoms with Crippen molar-refractivity contribution in [2.75, 3.05) is 0 Å². The van der Waals surface area contributed by atoms with Crippen LogP contribution in [0.25, 0.3) is 0 Å². The fourth-order valence-electron chi connectivity index (χ4n) is 7.17. The van der Waals surface area contributed by atoms with Crippen molar-refractivity contribution in [1.29, 1.82) is 0 Å². The zero-order valence-electron chi connectivity index (χ0n) is 16.6. The SMILES string of the molecule is [CH2]=[Ti]([NH]C(=O)C12CC3CC(CC(C)(C3)C1)C2)[C]1=C(C)C(C)=C(C)C1C. The second kappa shape index (κ2) is 5.76. The molecule has 3 heteroatoms. The monoisotopic (exact) mass is 375 g/mol. The van der Waals surface area contributed by atoms with Crippen molar-refractivity contribution in [2.24, 2.45) is 28.6 Å². The predicted octanol–water partition coefficient (Wildman–Crippen LogP) is 4.93. The number of nitrogens with one attached hydrogen (secondary N) is 1. The Kier molecular flexibility index (Phi) is 4.13. The minimum atomic E-state index is -1.98. The Labute approximate surface area is 159 Å². The van der Waals surface area contributed by atoms with Gasteiger partial charge >= 0.3 is 159 Å². The van der Waals surface area contributed by atoms with Gasteiger partial charge in [-0.05, 0) is 0 Å². The van der Waals surface area contributed by atoms with Crippen molar-refractivity contribution < 1.29 is 22.5 Å². The molecule has 0 aromatic heterocycles. The van der Waals surface area contributed by atoms with Gasteiger partial charge in [0.25, 0.3) is 0 Å². The van der Waals surface area contributed by atoms with Crippen molar-refractivity contribution in [1.82, 2.24) is 3.80 Å². The van der Waals surface area contributed by atoms with E-state index >= 15 is 0 Å². The molecule has 1 N–H and O–H groups in total. The third-order valence-corrected chi connectivity index (χ3v) is 11.2. The molecule has 1 amide bonds. The van der Waals surface area contributed by atoms with E-state index in [9.17, 15) is 4.79 Å². The number of carbonyl (C=O) groups excluding carboxylic acids is 1. The van der Waals surface area contributed by atoms with Gasteiger partial charge < -0.3 is 0 Å². The Morgan fingerprint density at radius 1 is 1.12 bits per heavy atom. The van der Waals surface area contributed by atoms with Gasteiger partial charge in [-0.2, -0.15) is 0 Å². The van der Waals surface area contributed by atoms with Gasteiger partial charge in [0.1, 0.15) is 0 Å². The second-order valence-corrected chi connectivity index (χ2v) is 12.8. The molecule has 0 heterocycles.